The van der Waals surface area contributed by atoms with Crippen LogP contribution in [0.4, 0.5) is 0 Å². The zero-order valence-corrected chi connectivity index (χ0v) is 31.4. The number of hydrogen-bond donors (Lipinski definition) is 0. The molecule has 1 unspecified atom stereocenters. The number of aryl methyl sites for hydroxylation is 2. The fourth-order valence-corrected chi connectivity index (χ4v) is 8.00. The molecule has 0 spiro atoms. The zero-order chi connectivity index (χ0) is 34.0. The topological polar surface area (TPSA) is 0 Å². The summed E-state index contributed by atoms with van der Waals surface area (Å²) in [4.78, 5) is 0. The van der Waals surface area contributed by atoms with E-state index in [-0.39, 0.29) is 0 Å². The van der Waals surface area contributed by atoms with Gasteiger partial charge in [-0.05, 0) is 150 Å². The minimum atomic E-state index is 0.500. The summed E-state index contributed by atoms with van der Waals surface area (Å²) in [5.41, 5.74) is 19.1. The van der Waals surface area contributed by atoms with Crippen molar-refractivity contribution in [3.8, 4) is 11.1 Å². The Morgan fingerprint density at radius 2 is 1.53 bits per heavy atom. The molecule has 250 valence electrons. The lowest BCUT2D eigenvalue weighted by Gasteiger charge is -2.30. The summed E-state index contributed by atoms with van der Waals surface area (Å²) in [6.07, 6.45) is 15.4. The molecule has 3 aliphatic rings. The van der Waals surface area contributed by atoms with Crippen LogP contribution in [0.15, 0.2) is 66.8 Å². The van der Waals surface area contributed by atoms with E-state index in [9.17, 15) is 0 Å². The summed E-state index contributed by atoms with van der Waals surface area (Å²) in [6.45, 7) is 26.8. The van der Waals surface area contributed by atoms with Crippen LogP contribution >= 0.6 is 0 Å². The summed E-state index contributed by atoms with van der Waals surface area (Å²) >= 11 is 0. The molecule has 0 aliphatic heterocycles. The molecule has 0 radical (unpaired) electrons. The van der Waals surface area contributed by atoms with Crippen molar-refractivity contribution in [2.75, 3.05) is 0 Å². The molecule has 0 N–H and O–H groups in total. The monoisotopic (exact) mass is 626 g/mol. The van der Waals surface area contributed by atoms with Gasteiger partial charge in [-0.15, -0.1) is 0 Å². The second-order valence-corrected chi connectivity index (χ2v) is 17.4. The maximum atomic E-state index is 4.28. The number of fused-ring (bicyclic) bond motifs is 2. The molecule has 1 saturated carbocycles. The van der Waals surface area contributed by atoms with Gasteiger partial charge in [0, 0.05) is 5.92 Å². The summed E-state index contributed by atoms with van der Waals surface area (Å²) in [6, 6.07) is 19.0. The lowest BCUT2D eigenvalue weighted by Crippen LogP contribution is -2.16. The maximum Gasteiger partial charge on any atom is 0.000174 e. The quantitative estimate of drug-likeness (QED) is 0.218. The van der Waals surface area contributed by atoms with E-state index in [0.29, 0.717) is 11.3 Å². The Morgan fingerprint density at radius 3 is 2.15 bits per heavy atom. The average molecular weight is 627 g/mol. The Labute approximate surface area is 288 Å². The normalized spacial score (nSPS) is 20.3. The third-order valence-electron chi connectivity index (χ3n) is 10.4. The van der Waals surface area contributed by atoms with Crippen LogP contribution in [0.25, 0.3) is 28.3 Å². The molecule has 47 heavy (non-hydrogen) atoms. The fraction of sp³-hybridized carbons (Fsp3) is 0.489. The van der Waals surface area contributed by atoms with Gasteiger partial charge < -0.3 is 0 Å². The number of allylic oxidation sites excluding steroid dienone is 4. The largest absolute Gasteiger partial charge is 0.0998 e. The lowest BCUT2D eigenvalue weighted by molar-refractivity contribution is 0.286. The van der Waals surface area contributed by atoms with Crippen molar-refractivity contribution in [1.82, 2.24) is 0 Å². The highest BCUT2D eigenvalue weighted by Crippen LogP contribution is 2.48. The van der Waals surface area contributed by atoms with Gasteiger partial charge in [0.05, 0.1) is 0 Å². The van der Waals surface area contributed by atoms with Gasteiger partial charge in [-0.3, -0.25) is 0 Å². The van der Waals surface area contributed by atoms with Gasteiger partial charge in [0.25, 0.3) is 0 Å². The van der Waals surface area contributed by atoms with Crippen LogP contribution in [-0.2, 0) is 12.8 Å². The molecule has 1 atom stereocenters. The molecule has 0 heterocycles. The Hall–Kier alpha value is -3.12. The van der Waals surface area contributed by atoms with Gasteiger partial charge in [0.2, 0.25) is 0 Å². The number of benzene rings is 3. The molecule has 0 amide bonds. The zero-order valence-electron chi connectivity index (χ0n) is 31.4. The van der Waals surface area contributed by atoms with Gasteiger partial charge in [-0.25, -0.2) is 0 Å². The van der Waals surface area contributed by atoms with Crippen molar-refractivity contribution in [3.63, 3.8) is 0 Å². The van der Waals surface area contributed by atoms with Crippen LogP contribution in [-0.4, -0.2) is 0 Å². The second-order valence-electron chi connectivity index (χ2n) is 17.4. The molecule has 3 aromatic carbocycles. The molecule has 0 heteroatoms. The molecule has 3 aromatic rings. The molecule has 6 rings (SSSR count). The van der Waals surface area contributed by atoms with Crippen LogP contribution in [0.3, 0.4) is 0 Å². The first-order valence-corrected chi connectivity index (χ1v) is 18.6. The Morgan fingerprint density at radius 1 is 0.894 bits per heavy atom. The predicted octanol–water partition coefficient (Wildman–Crippen LogP) is 14.0. The average Bonchev–Trinajstić information content (AvgIpc) is 3.56. The Bertz CT molecular complexity index is 1630. The first-order chi connectivity index (χ1) is 22.2. The SMILES string of the molecule is C=C(C)Cc1c(C)cc2c(c1-c1ccc(C)cc1)CC(c1ccc3c(c1)C(C1CCC(CCC(C)C)CC1)=CC3C)=C2.CC(C)(C)C. The summed E-state index contributed by atoms with van der Waals surface area (Å²) in [5.74, 6) is 3.03. The smallest absolute Gasteiger partial charge is 0.000174 e. The summed E-state index contributed by atoms with van der Waals surface area (Å²) in [7, 11) is 0. The molecule has 1 fully saturated rings. The highest BCUT2D eigenvalue weighted by molar-refractivity contribution is 5.94. The molecule has 0 nitrogen and oxygen atoms in total. The van der Waals surface area contributed by atoms with E-state index in [1.54, 1.807) is 11.1 Å². The van der Waals surface area contributed by atoms with Crippen molar-refractivity contribution in [2.24, 2.45) is 23.2 Å². The van der Waals surface area contributed by atoms with E-state index in [0.717, 1.165) is 30.6 Å². The van der Waals surface area contributed by atoms with E-state index >= 15 is 0 Å². The molecular weight excluding hydrogens is 565 g/mol. The Kier molecular flexibility index (Phi) is 10.9. The third kappa shape index (κ3) is 8.68. The standard InChI is InChI=1S/C42H50.C5H12/c1-26(2)8-11-31-12-16-32(17-13-31)39-22-30(7)37-19-18-34(24-41(37)39)35-23-36-21-29(6)38(20-27(3)4)42(40(36)25-35)33-14-9-28(5)10-15-33;1-5(2,3)4/h9-10,14-15,18-19,21-24,26,30-32H,3,8,11-13,16-17,20,25H2,1-2,4-7H3;1-4H3. The maximum absolute atomic E-state index is 4.28. The minimum Gasteiger partial charge on any atom is -0.0998 e. The van der Waals surface area contributed by atoms with Gasteiger partial charge in [0.15, 0.2) is 0 Å². The Balaban J connectivity index is 0.000000807. The number of hydrogen-bond acceptors (Lipinski definition) is 0. The first kappa shape index (κ1) is 35.2. The highest BCUT2D eigenvalue weighted by atomic mass is 14.4. The third-order valence-corrected chi connectivity index (χ3v) is 10.4. The van der Waals surface area contributed by atoms with Crippen molar-refractivity contribution in [1.29, 1.82) is 0 Å². The second kappa shape index (κ2) is 14.6. The van der Waals surface area contributed by atoms with E-state index in [2.05, 4.69) is 136 Å². The minimum absolute atomic E-state index is 0.500. The van der Waals surface area contributed by atoms with Gasteiger partial charge in [-0.1, -0.05) is 134 Å². The van der Waals surface area contributed by atoms with E-state index < -0.39 is 0 Å². The van der Waals surface area contributed by atoms with Gasteiger partial charge >= 0.3 is 0 Å². The summed E-state index contributed by atoms with van der Waals surface area (Å²) in [5, 5.41) is 0. The van der Waals surface area contributed by atoms with Crippen LogP contribution < -0.4 is 0 Å². The molecule has 0 bridgehead atoms. The molecule has 3 aliphatic carbocycles. The van der Waals surface area contributed by atoms with Crippen LogP contribution in [0.5, 0.6) is 0 Å². The lowest BCUT2D eigenvalue weighted by atomic mass is 9.75. The van der Waals surface area contributed by atoms with E-state index in [1.165, 1.54) is 99.7 Å². The van der Waals surface area contributed by atoms with Crippen LogP contribution in [0.1, 0.15) is 144 Å². The van der Waals surface area contributed by atoms with Gasteiger partial charge in [0.1, 0.15) is 0 Å². The van der Waals surface area contributed by atoms with Crippen molar-refractivity contribution in [2.45, 2.75) is 127 Å². The summed E-state index contributed by atoms with van der Waals surface area (Å²) < 4.78 is 0. The highest BCUT2D eigenvalue weighted by Gasteiger charge is 2.31. The van der Waals surface area contributed by atoms with Crippen molar-refractivity contribution >= 4 is 17.2 Å². The molecule has 0 aromatic heterocycles. The fourth-order valence-electron chi connectivity index (χ4n) is 8.00. The van der Waals surface area contributed by atoms with Crippen LogP contribution in [0.2, 0.25) is 0 Å². The van der Waals surface area contributed by atoms with Crippen molar-refractivity contribution in [3.05, 3.63) is 111 Å². The predicted molar refractivity (Wildman–Crippen MR) is 209 cm³/mol. The molecular formula is C47H62. The van der Waals surface area contributed by atoms with E-state index in [4.69, 9.17) is 0 Å². The van der Waals surface area contributed by atoms with Crippen LogP contribution in [0, 0.1) is 37.0 Å². The van der Waals surface area contributed by atoms with E-state index in [1.807, 2.05) is 0 Å². The number of rotatable bonds is 8. The van der Waals surface area contributed by atoms with Crippen molar-refractivity contribution < 1.29 is 0 Å². The van der Waals surface area contributed by atoms with Gasteiger partial charge in [-0.2, -0.15) is 0 Å². The molecule has 0 saturated heterocycles. The first-order valence-electron chi connectivity index (χ1n) is 18.6.